The van der Waals surface area contributed by atoms with Gasteiger partial charge in [-0.2, -0.15) is 0 Å². The van der Waals surface area contributed by atoms with Crippen molar-refractivity contribution in [3.05, 3.63) is 28.8 Å². The Kier molecular flexibility index (Phi) is 5.45. The third-order valence-corrected chi connectivity index (χ3v) is 2.84. The number of aliphatic hydroxyl groups is 1. The minimum Gasteiger partial charge on any atom is -0.489 e. The maximum absolute atomic E-state index is 9.60. The summed E-state index contributed by atoms with van der Waals surface area (Å²) in [6, 6.07) is 5.99. The molecule has 1 unspecified atom stereocenters. The number of benzene rings is 1. The van der Waals surface area contributed by atoms with Crippen LogP contribution < -0.4 is 10.1 Å². The van der Waals surface area contributed by atoms with Crippen LogP contribution in [0.5, 0.6) is 5.75 Å². The minimum absolute atomic E-state index is 0.217. The van der Waals surface area contributed by atoms with Gasteiger partial charge < -0.3 is 15.2 Å². The van der Waals surface area contributed by atoms with E-state index in [9.17, 15) is 5.11 Å². The molecule has 102 valence electrons. The fourth-order valence-corrected chi connectivity index (χ4v) is 1.83. The number of hydrogen-bond donors (Lipinski definition) is 2. The number of hydrogen-bond acceptors (Lipinski definition) is 3. The Bertz CT molecular complexity index is 388. The van der Waals surface area contributed by atoms with Crippen molar-refractivity contribution in [1.29, 1.82) is 0 Å². The van der Waals surface area contributed by atoms with Gasteiger partial charge in [0.1, 0.15) is 12.4 Å². The van der Waals surface area contributed by atoms with Gasteiger partial charge in [0.25, 0.3) is 0 Å². The standard InChI is InChI=1S/C14H22ClNO2/c1-5-16-10(2)11-6-7-13(12(15)8-11)18-9-14(3,4)17/h6-8,10,16-17H,5,9H2,1-4H3. The van der Waals surface area contributed by atoms with Gasteiger partial charge in [0.2, 0.25) is 0 Å². The number of nitrogens with one attached hydrogen (secondary N) is 1. The van der Waals surface area contributed by atoms with Crippen molar-refractivity contribution in [3.63, 3.8) is 0 Å². The van der Waals surface area contributed by atoms with E-state index in [1.54, 1.807) is 13.8 Å². The molecule has 0 fully saturated rings. The Morgan fingerprint density at radius 2 is 2.11 bits per heavy atom. The highest BCUT2D eigenvalue weighted by molar-refractivity contribution is 6.32. The van der Waals surface area contributed by atoms with E-state index >= 15 is 0 Å². The van der Waals surface area contributed by atoms with E-state index in [0.29, 0.717) is 10.8 Å². The van der Waals surface area contributed by atoms with Gasteiger partial charge >= 0.3 is 0 Å². The van der Waals surface area contributed by atoms with E-state index in [1.807, 2.05) is 18.2 Å². The van der Waals surface area contributed by atoms with Gasteiger partial charge in [0.05, 0.1) is 10.6 Å². The molecule has 0 saturated heterocycles. The monoisotopic (exact) mass is 271 g/mol. The Hall–Kier alpha value is -0.770. The van der Waals surface area contributed by atoms with Crippen LogP contribution in [0, 0.1) is 0 Å². The van der Waals surface area contributed by atoms with Gasteiger partial charge in [0.15, 0.2) is 0 Å². The molecular weight excluding hydrogens is 250 g/mol. The van der Waals surface area contributed by atoms with Gasteiger partial charge in [-0.3, -0.25) is 0 Å². The van der Waals surface area contributed by atoms with E-state index < -0.39 is 5.60 Å². The molecule has 1 aromatic rings. The largest absolute Gasteiger partial charge is 0.489 e. The van der Waals surface area contributed by atoms with E-state index in [2.05, 4.69) is 19.2 Å². The van der Waals surface area contributed by atoms with Crippen LogP contribution in [0.25, 0.3) is 0 Å². The highest BCUT2D eigenvalue weighted by Gasteiger charge is 2.15. The molecule has 3 nitrogen and oxygen atoms in total. The minimum atomic E-state index is -0.862. The zero-order chi connectivity index (χ0) is 13.8. The average Bonchev–Trinajstić information content (AvgIpc) is 2.26. The van der Waals surface area contributed by atoms with Crippen LogP contribution in [0.1, 0.15) is 39.3 Å². The predicted octanol–water partition coefficient (Wildman–Crippen LogP) is 3.16. The van der Waals surface area contributed by atoms with Crippen molar-refractivity contribution in [3.8, 4) is 5.75 Å². The van der Waals surface area contributed by atoms with Crippen molar-refractivity contribution < 1.29 is 9.84 Å². The SMILES string of the molecule is CCNC(C)c1ccc(OCC(C)(C)O)c(Cl)c1. The summed E-state index contributed by atoms with van der Waals surface area (Å²) in [7, 11) is 0. The fraction of sp³-hybridized carbons (Fsp3) is 0.571. The maximum Gasteiger partial charge on any atom is 0.138 e. The first-order valence-corrected chi connectivity index (χ1v) is 6.59. The molecule has 1 aromatic carbocycles. The predicted molar refractivity (Wildman–Crippen MR) is 75.3 cm³/mol. The molecule has 1 atom stereocenters. The number of halogens is 1. The van der Waals surface area contributed by atoms with E-state index in [1.165, 1.54) is 0 Å². The molecule has 4 heteroatoms. The van der Waals surface area contributed by atoms with Crippen LogP contribution >= 0.6 is 11.6 Å². The van der Waals surface area contributed by atoms with Gasteiger partial charge in [-0.05, 0) is 45.0 Å². The van der Waals surface area contributed by atoms with Crippen LogP contribution in [0.4, 0.5) is 0 Å². The lowest BCUT2D eigenvalue weighted by molar-refractivity contribution is 0.0285. The average molecular weight is 272 g/mol. The van der Waals surface area contributed by atoms with Crippen molar-refractivity contribution in [2.24, 2.45) is 0 Å². The zero-order valence-corrected chi connectivity index (χ0v) is 12.2. The summed E-state index contributed by atoms with van der Waals surface area (Å²) in [6.07, 6.45) is 0. The summed E-state index contributed by atoms with van der Waals surface area (Å²) >= 11 is 6.17. The van der Waals surface area contributed by atoms with Crippen LogP contribution in [0.2, 0.25) is 5.02 Å². The van der Waals surface area contributed by atoms with Crippen LogP contribution in [-0.4, -0.2) is 23.9 Å². The van der Waals surface area contributed by atoms with Gasteiger partial charge in [0, 0.05) is 6.04 Å². The Morgan fingerprint density at radius 3 is 2.61 bits per heavy atom. The van der Waals surface area contributed by atoms with E-state index in [-0.39, 0.29) is 12.6 Å². The molecule has 0 aliphatic heterocycles. The second-order valence-electron chi connectivity index (χ2n) is 5.07. The molecule has 0 spiro atoms. The first-order valence-electron chi connectivity index (χ1n) is 6.21. The molecular formula is C14H22ClNO2. The Labute approximate surface area is 114 Å². The fourth-order valence-electron chi connectivity index (χ4n) is 1.58. The van der Waals surface area contributed by atoms with Crippen LogP contribution in [0.3, 0.4) is 0 Å². The summed E-state index contributed by atoms with van der Waals surface area (Å²) in [5.74, 6) is 0.603. The molecule has 0 aliphatic rings. The third kappa shape index (κ3) is 4.84. The highest BCUT2D eigenvalue weighted by atomic mass is 35.5. The quantitative estimate of drug-likeness (QED) is 0.835. The molecule has 18 heavy (non-hydrogen) atoms. The van der Waals surface area contributed by atoms with Crippen molar-refractivity contribution in [1.82, 2.24) is 5.32 Å². The molecule has 0 aromatic heterocycles. The summed E-state index contributed by atoms with van der Waals surface area (Å²) in [4.78, 5) is 0. The van der Waals surface area contributed by atoms with Gasteiger partial charge in [-0.25, -0.2) is 0 Å². The normalized spacial score (nSPS) is 13.4. The molecule has 0 bridgehead atoms. The third-order valence-electron chi connectivity index (χ3n) is 2.55. The Morgan fingerprint density at radius 1 is 1.44 bits per heavy atom. The Balaban J connectivity index is 2.73. The molecule has 0 saturated carbocycles. The molecule has 0 heterocycles. The lowest BCUT2D eigenvalue weighted by atomic mass is 10.1. The van der Waals surface area contributed by atoms with Gasteiger partial charge in [-0.1, -0.05) is 24.6 Å². The summed E-state index contributed by atoms with van der Waals surface area (Å²) < 4.78 is 5.49. The number of ether oxygens (including phenoxy) is 1. The second kappa shape index (κ2) is 6.41. The molecule has 0 radical (unpaired) electrons. The summed E-state index contributed by atoms with van der Waals surface area (Å²) in [5, 5.41) is 13.5. The summed E-state index contributed by atoms with van der Waals surface area (Å²) in [6.45, 7) is 8.68. The van der Waals surface area contributed by atoms with E-state index in [4.69, 9.17) is 16.3 Å². The molecule has 2 N–H and O–H groups in total. The highest BCUT2D eigenvalue weighted by Crippen LogP contribution is 2.28. The molecule has 0 aliphatic carbocycles. The maximum atomic E-state index is 9.60. The molecule has 1 rings (SSSR count). The first kappa shape index (κ1) is 15.3. The van der Waals surface area contributed by atoms with Gasteiger partial charge in [-0.15, -0.1) is 0 Å². The van der Waals surface area contributed by atoms with Crippen molar-refractivity contribution in [2.45, 2.75) is 39.3 Å². The summed E-state index contributed by atoms with van der Waals surface area (Å²) in [5.41, 5.74) is 0.261. The lowest BCUT2D eigenvalue weighted by Gasteiger charge is -2.19. The zero-order valence-electron chi connectivity index (χ0n) is 11.5. The first-order chi connectivity index (χ1) is 8.33. The van der Waals surface area contributed by atoms with Crippen molar-refractivity contribution >= 4 is 11.6 Å². The van der Waals surface area contributed by atoms with Crippen LogP contribution in [-0.2, 0) is 0 Å². The molecule has 0 amide bonds. The topological polar surface area (TPSA) is 41.5 Å². The van der Waals surface area contributed by atoms with Crippen molar-refractivity contribution in [2.75, 3.05) is 13.2 Å². The van der Waals surface area contributed by atoms with E-state index in [0.717, 1.165) is 12.1 Å². The lowest BCUT2D eigenvalue weighted by Crippen LogP contribution is -2.28. The number of rotatable bonds is 6. The smallest absolute Gasteiger partial charge is 0.138 e. The second-order valence-corrected chi connectivity index (χ2v) is 5.48. The van der Waals surface area contributed by atoms with Crippen LogP contribution in [0.15, 0.2) is 18.2 Å².